The molecule has 3 nitrogen and oxygen atoms in total. The average molecular weight is 286 g/mol. The first-order chi connectivity index (χ1) is 10.0. The molecular weight excluding hydrogens is 260 g/mol. The van der Waals surface area contributed by atoms with Crippen molar-refractivity contribution in [2.75, 3.05) is 13.1 Å². The van der Waals surface area contributed by atoms with Crippen LogP contribution in [-0.2, 0) is 6.54 Å². The van der Waals surface area contributed by atoms with Crippen molar-refractivity contribution in [2.24, 2.45) is 11.1 Å². The SMILES string of the molecule is CCN(Cc1ccco1)CC(C)(C)C(N)c1ccccc1. The highest BCUT2D eigenvalue weighted by Crippen LogP contribution is 2.32. The van der Waals surface area contributed by atoms with Gasteiger partial charge >= 0.3 is 0 Å². The Hall–Kier alpha value is -1.58. The molecule has 21 heavy (non-hydrogen) atoms. The molecule has 0 spiro atoms. The van der Waals surface area contributed by atoms with E-state index in [1.165, 1.54) is 5.56 Å². The average Bonchev–Trinajstić information content (AvgIpc) is 2.99. The van der Waals surface area contributed by atoms with Crippen molar-refractivity contribution in [3.05, 3.63) is 60.1 Å². The summed E-state index contributed by atoms with van der Waals surface area (Å²) in [6.07, 6.45) is 1.73. The van der Waals surface area contributed by atoms with Gasteiger partial charge in [-0.3, -0.25) is 4.90 Å². The first-order valence-electron chi connectivity index (χ1n) is 7.58. The number of furan rings is 1. The second-order valence-electron chi connectivity index (χ2n) is 6.26. The highest BCUT2D eigenvalue weighted by atomic mass is 16.3. The summed E-state index contributed by atoms with van der Waals surface area (Å²) in [6.45, 7) is 9.37. The van der Waals surface area contributed by atoms with E-state index in [0.717, 1.165) is 25.4 Å². The molecule has 0 amide bonds. The van der Waals surface area contributed by atoms with Gasteiger partial charge in [0.25, 0.3) is 0 Å². The number of rotatable bonds is 7. The lowest BCUT2D eigenvalue weighted by Gasteiger charge is -2.36. The third-order valence-electron chi connectivity index (χ3n) is 4.04. The molecule has 2 rings (SSSR count). The van der Waals surface area contributed by atoms with E-state index < -0.39 is 0 Å². The van der Waals surface area contributed by atoms with Crippen LogP contribution in [0.5, 0.6) is 0 Å². The molecule has 0 radical (unpaired) electrons. The van der Waals surface area contributed by atoms with Crippen molar-refractivity contribution in [1.82, 2.24) is 4.90 Å². The van der Waals surface area contributed by atoms with Crippen molar-refractivity contribution in [3.8, 4) is 0 Å². The van der Waals surface area contributed by atoms with Gasteiger partial charge < -0.3 is 10.2 Å². The highest BCUT2D eigenvalue weighted by molar-refractivity contribution is 5.20. The van der Waals surface area contributed by atoms with Gasteiger partial charge in [-0.05, 0) is 29.7 Å². The highest BCUT2D eigenvalue weighted by Gasteiger charge is 2.29. The van der Waals surface area contributed by atoms with E-state index in [4.69, 9.17) is 10.2 Å². The van der Waals surface area contributed by atoms with Gasteiger partial charge in [-0.2, -0.15) is 0 Å². The monoisotopic (exact) mass is 286 g/mol. The summed E-state index contributed by atoms with van der Waals surface area (Å²) in [5, 5.41) is 0. The molecule has 1 aromatic heterocycles. The van der Waals surface area contributed by atoms with Gasteiger partial charge in [-0.15, -0.1) is 0 Å². The van der Waals surface area contributed by atoms with Crippen LogP contribution in [0, 0.1) is 5.41 Å². The molecule has 1 heterocycles. The smallest absolute Gasteiger partial charge is 0.117 e. The molecule has 2 aromatic rings. The fraction of sp³-hybridized carbons (Fsp3) is 0.444. The summed E-state index contributed by atoms with van der Waals surface area (Å²) in [5.74, 6) is 1.00. The predicted molar refractivity (Wildman–Crippen MR) is 86.8 cm³/mol. The Morgan fingerprint density at radius 2 is 1.86 bits per heavy atom. The summed E-state index contributed by atoms with van der Waals surface area (Å²) < 4.78 is 5.45. The number of nitrogens with zero attached hydrogens (tertiary/aromatic N) is 1. The van der Waals surface area contributed by atoms with Gasteiger partial charge in [-0.1, -0.05) is 51.1 Å². The molecule has 114 valence electrons. The van der Waals surface area contributed by atoms with Gasteiger partial charge in [-0.25, -0.2) is 0 Å². The summed E-state index contributed by atoms with van der Waals surface area (Å²) in [5.41, 5.74) is 7.68. The minimum atomic E-state index is -0.00996. The third kappa shape index (κ3) is 4.19. The Kier molecular flexibility index (Phi) is 5.21. The fourth-order valence-electron chi connectivity index (χ4n) is 2.69. The quantitative estimate of drug-likeness (QED) is 0.841. The zero-order chi connectivity index (χ0) is 15.3. The molecule has 0 aliphatic rings. The Balaban J connectivity index is 2.04. The minimum absolute atomic E-state index is 0.00996. The summed E-state index contributed by atoms with van der Waals surface area (Å²) >= 11 is 0. The van der Waals surface area contributed by atoms with E-state index in [0.29, 0.717) is 0 Å². The molecule has 2 N–H and O–H groups in total. The van der Waals surface area contributed by atoms with Crippen LogP contribution in [0.4, 0.5) is 0 Å². The van der Waals surface area contributed by atoms with Crippen LogP contribution in [0.1, 0.15) is 38.1 Å². The van der Waals surface area contributed by atoms with Crippen LogP contribution >= 0.6 is 0 Å². The first kappa shape index (κ1) is 15.8. The second kappa shape index (κ2) is 6.92. The van der Waals surface area contributed by atoms with Crippen LogP contribution in [-0.4, -0.2) is 18.0 Å². The van der Waals surface area contributed by atoms with E-state index in [-0.39, 0.29) is 11.5 Å². The number of nitrogens with two attached hydrogens (primary N) is 1. The molecule has 1 atom stereocenters. The summed E-state index contributed by atoms with van der Waals surface area (Å²) in [7, 11) is 0. The Labute approximate surface area is 127 Å². The van der Waals surface area contributed by atoms with Gasteiger partial charge in [0.15, 0.2) is 0 Å². The summed E-state index contributed by atoms with van der Waals surface area (Å²) in [6, 6.07) is 14.3. The molecule has 1 aromatic carbocycles. The molecular formula is C18H26N2O. The van der Waals surface area contributed by atoms with E-state index in [9.17, 15) is 0 Å². The molecule has 0 saturated carbocycles. The predicted octanol–water partition coefficient (Wildman–Crippen LogP) is 3.83. The van der Waals surface area contributed by atoms with Crippen LogP contribution in [0.3, 0.4) is 0 Å². The van der Waals surface area contributed by atoms with E-state index in [1.807, 2.05) is 30.3 Å². The Bertz CT molecular complexity index is 519. The van der Waals surface area contributed by atoms with Crippen molar-refractivity contribution < 1.29 is 4.42 Å². The molecule has 0 saturated heterocycles. The van der Waals surface area contributed by atoms with E-state index in [2.05, 4.69) is 37.8 Å². The maximum atomic E-state index is 6.50. The molecule has 3 heteroatoms. The third-order valence-corrected chi connectivity index (χ3v) is 4.04. The zero-order valence-corrected chi connectivity index (χ0v) is 13.3. The molecule has 0 fully saturated rings. The van der Waals surface area contributed by atoms with Crippen molar-refractivity contribution in [1.29, 1.82) is 0 Å². The van der Waals surface area contributed by atoms with Crippen LogP contribution in [0.2, 0.25) is 0 Å². The lowest BCUT2D eigenvalue weighted by Crippen LogP contribution is -2.40. The Morgan fingerprint density at radius 1 is 1.14 bits per heavy atom. The second-order valence-corrected chi connectivity index (χ2v) is 6.26. The molecule has 0 aliphatic heterocycles. The number of benzene rings is 1. The normalized spacial score (nSPS) is 13.6. The standard InChI is InChI=1S/C18H26N2O/c1-4-20(13-16-11-8-12-21-16)14-18(2,3)17(19)15-9-6-5-7-10-15/h5-12,17H,4,13-14,19H2,1-3H3. The van der Waals surface area contributed by atoms with Gasteiger partial charge in [0.1, 0.15) is 5.76 Å². The van der Waals surface area contributed by atoms with Crippen LogP contribution < -0.4 is 5.73 Å². The maximum absolute atomic E-state index is 6.50. The van der Waals surface area contributed by atoms with Gasteiger partial charge in [0.05, 0.1) is 12.8 Å². The Morgan fingerprint density at radius 3 is 2.43 bits per heavy atom. The fourth-order valence-corrected chi connectivity index (χ4v) is 2.69. The van der Waals surface area contributed by atoms with Crippen LogP contribution in [0.15, 0.2) is 53.1 Å². The zero-order valence-electron chi connectivity index (χ0n) is 13.3. The van der Waals surface area contributed by atoms with Crippen molar-refractivity contribution in [2.45, 2.75) is 33.4 Å². The van der Waals surface area contributed by atoms with Crippen molar-refractivity contribution in [3.63, 3.8) is 0 Å². The van der Waals surface area contributed by atoms with Crippen molar-refractivity contribution >= 4 is 0 Å². The lowest BCUT2D eigenvalue weighted by molar-refractivity contribution is 0.144. The molecule has 0 aliphatic carbocycles. The number of hydrogen-bond acceptors (Lipinski definition) is 3. The maximum Gasteiger partial charge on any atom is 0.117 e. The molecule has 1 unspecified atom stereocenters. The first-order valence-corrected chi connectivity index (χ1v) is 7.58. The lowest BCUT2D eigenvalue weighted by atomic mass is 9.80. The summed E-state index contributed by atoms with van der Waals surface area (Å²) in [4.78, 5) is 2.38. The largest absolute Gasteiger partial charge is 0.468 e. The molecule has 0 bridgehead atoms. The van der Waals surface area contributed by atoms with Crippen LogP contribution in [0.25, 0.3) is 0 Å². The van der Waals surface area contributed by atoms with E-state index in [1.54, 1.807) is 6.26 Å². The van der Waals surface area contributed by atoms with Gasteiger partial charge in [0, 0.05) is 12.6 Å². The van der Waals surface area contributed by atoms with E-state index >= 15 is 0 Å². The number of hydrogen-bond donors (Lipinski definition) is 1. The minimum Gasteiger partial charge on any atom is -0.468 e. The van der Waals surface area contributed by atoms with Gasteiger partial charge in [0.2, 0.25) is 0 Å². The topological polar surface area (TPSA) is 42.4 Å².